The Bertz CT molecular complexity index is 496. The lowest BCUT2D eigenvalue weighted by molar-refractivity contribution is 0.414. The van der Waals surface area contributed by atoms with Gasteiger partial charge in [0.2, 0.25) is 0 Å². The predicted octanol–water partition coefficient (Wildman–Crippen LogP) is 3.25. The third-order valence-electron chi connectivity index (χ3n) is 2.19. The van der Waals surface area contributed by atoms with Crippen LogP contribution < -0.4 is 4.74 Å². The molecule has 0 aliphatic heterocycles. The lowest BCUT2D eigenvalue weighted by atomic mass is 10.2. The van der Waals surface area contributed by atoms with Crippen molar-refractivity contribution < 1.29 is 4.74 Å². The molecule has 1 heterocycles. The molecular weight excluding hydrogens is 247 g/mol. The van der Waals surface area contributed by atoms with Gasteiger partial charge in [-0.15, -0.1) is 0 Å². The number of halogens is 2. The predicted molar refractivity (Wildman–Crippen MR) is 64.3 cm³/mol. The van der Waals surface area contributed by atoms with Crippen molar-refractivity contribution in [3.05, 3.63) is 46.2 Å². The summed E-state index contributed by atoms with van der Waals surface area (Å²) in [5.41, 5.74) is 1.04. The van der Waals surface area contributed by atoms with Crippen molar-refractivity contribution in [3.8, 4) is 5.75 Å². The molecule has 0 aliphatic rings. The van der Waals surface area contributed by atoms with Crippen molar-refractivity contribution in [1.29, 1.82) is 0 Å². The topological polar surface area (TPSA) is 27.1 Å². The normalized spacial score (nSPS) is 10.4. The minimum atomic E-state index is 0.488. The van der Waals surface area contributed by atoms with Gasteiger partial charge in [-0.05, 0) is 17.7 Å². The fourth-order valence-corrected chi connectivity index (χ4v) is 1.85. The summed E-state index contributed by atoms with van der Waals surface area (Å²) in [6, 6.07) is 7.57. The number of ether oxygens (including phenoxy) is 1. The van der Waals surface area contributed by atoms with Crippen molar-refractivity contribution in [1.82, 2.24) is 9.78 Å². The molecule has 0 aliphatic carbocycles. The molecule has 0 unspecified atom stereocenters. The second-order valence-corrected chi connectivity index (χ2v) is 4.09. The minimum absolute atomic E-state index is 0.488. The lowest BCUT2D eigenvalue weighted by Crippen LogP contribution is -2.01. The molecule has 0 bridgehead atoms. The molecule has 1 aromatic carbocycles. The molecule has 0 fully saturated rings. The van der Waals surface area contributed by atoms with Crippen molar-refractivity contribution >= 4 is 23.2 Å². The lowest BCUT2D eigenvalue weighted by Gasteiger charge is -2.04. The molecule has 2 aromatic rings. The first-order valence-electron chi connectivity index (χ1n) is 4.70. The van der Waals surface area contributed by atoms with Gasteiger partial charge in [0, 0.05) is 5.02 Å². The van der Waals surface area contributed by atoms with Crippen LogP contribution in [0.3, 0.4) is 0 Å². The zero-order valence-corrected chi connectivity index (χ0v) is 10.2. The van der Waals surface area contributed by atoms with Crippen LogP contribution in [0.4, 0.5) is 0 Å². The van der Waals surface area contributed by atoms with Crippen LogP contribution >= 0.6 is 23.2 Å². The van der Waals surface area contributed by atoms with Gasteiger partial charge in [0.1, 0.15) is 0 Å². The quantitative estimate of drug-likeness (QED) is 0.843. The summed E-state index contributed by atoms with van der Waals surface area (Å²) < 4.78 is 6.70. The van der Waals surface area contributed by atoms with Crippen LogP contribution in [-0.4, -0.2) is 16.9 Å². The molecule has 0 amide bonds. The first-order chi connectivity index (χ1) is 7.70. The number of nitrogens with zero attached hydrogens (tertiary/aromatic N) is 2. The molecule has 5 heteroatoms. The maximum atomic E-state index is 6.06. The van der Waals surface area contributed by atoms with E-state index in [9.17, 15) is 0 Å². The summed E-state index contributed by atoms with van der Waals surface area (Å²) in [4.78, 5) is 0. The van der Waals surface area contributed by atoms with Crippen molar-refractivity contribution in [2.24, 2.45) is 0 Å². The minimum Gasteiger partial charge on any atom is -0.492 e. The monoisotopic (exact) mass is 256 g/mol. The Morgan fingerprint density at radius 1 is 1.38 bits per heavy atom. The fourth-order valence-electron chi connectivity index (χ4n) is 1.41. The van der Waals surface area contributed by atoms with Gasteiger partial charge in [0.05, 0.1) is 19.9 Å². The van der Waals surface area contributed by atoms with Gasteiger partial charge >= 0.3 is 0 Å². The van der Waals surface area contributed by atoms with Gasteiger partial charge in [-0.2, -0.15) is 5.10 Å². The summed E-state index contributed by atoms with van der Waals surface area (Å²) in [7, 11) is 1.56. The van der Waals surface area contributed by atoms with Gasteiger partial charge < -0.3 is 4.74 Å². The largest absolute Gasteiger partial charge is 0.492 e. The van der Waals surface area contributed by atoms with Crippen LogP contribution in [0, 0.1) is 0 Å². The zero-order chi connectivity index (χ0) is 11.5. The van der Waals surface area contributed by atoms with Gasteiger partial charge in [-0.25, -0.2) is 4.68 Å². The van der Waals surface area contributed by atoms with Gasteiger partial charge in [-0.3, -0.25) is 0 Å². The molecule has 0 N–H and O–H groups in total. The summed E-state index contributed by atoms with van der Waals surface area (Å²) in [6.07, 6.45) is 1.59. The molecule has 84 valence electrons. The van der Waals surface area contributed by atoms with E-state index in [1.165, 1.54) is 0 Å². The molecule has 2 rings (SSSR count). The first-order valence-corrected chi connectivity index (χ1v) is 5.46. The first kappa shape index (κ1) is 11.3. The molecule has 16 heavy (non-hydrogen) atoms. The van der Waals surface area contributed by atoms with E-state index < -0.39 is 0 Å². The Labute approximate surface area is 104 Å². The molecule has 0 atom stereocenters. The molecule has 1 aromatic heterocycles. The average Bonchev–Trinajstić information content (AvgIpc) is 2.60. The van der Waals surface area contributed by atoms with Crippen LogP contribution in [0.2, 0.25) is 10.2 Å². The van der Waals surface area contributed by atoms with E-state index in [4.69, 9.17) is 27.9 Å². The summed E-state index contributed by atoms with van der Waals surface area (Å²) >= 11 is 12.0. The SMILES string of the molecule is COc1cnn(Cc2cccc(Cl)c2)c1Cl. The van der Waals surface area contributed by atoms with E-state index in [1.807, 2.05) is 24.3 Å². The van der Waals surface area contributed by atoms with E-state index >= 15 is 0 Å². The number of benzene rings is 1. The van der Waals surface area contributed by atoms with Crippen molar-refractivity contribution in [2.75, 3.05) is 7.11 Å². The second kappa shape index (κ2) is 4.76. The molecule has 0 radical (unpaired) electrons. The van der Waals surface area contributed by atoms with Crippen molar-refractivity contribution in [3.63, 3.8) is 0 Å². The zero-order valence-electron chi connectivity index (χ0n) is 8.65. The number of aromatic nitrogens is 2. The van der Waals surface area contributed by atoms with E-state index in [2.05, 4.69) is 5.10 Å². The Kier molecular flexibility index (Phi) is 3.36. The molecule has 0 spiro atoms. The van der Waals surface area contributed by atoms with Crippen LogP contribution in [0.15, 0.2) is 30.5 Å². The summed E-state index contributed by atoms with van der Waals surface area (Å²) in [5, 5.41) is 5.32. The van der Waals surface area contributed by atoms with Crippen LogP contribution in [0.1, 0.15) is 5.56 Å². The Morgan fingerprint density at radius 2 is 2.19 bits per heavy atom. The number of rotatable bonds is 3. The summed E-state index contributed by atoms with van der Waals surface area (Å²) in [6.45, 7) is 0.572. The third kappa shape index (κ3) is 2.31. The molecular formula is C11H10Cl2N2O. The van der Waals surface area contributed by atoms with Gasteiger partial charge in [0.25, 0.3) is 0 Å². The molecule has 0 saturated heterocycles. The highest BCUT2D eigenvalue weighted by molar-refractivity contribution is 6.31. The third-order valence-corrected chi connectivity index (χ3v) is 2.80. The van der Waals surface area contributed by atoms with Gasteiger partial charge in [0.15, 0.2) is 10.9 Å². The molecule has 3 nitrogen and oxygen atoms in total. The van der Waals surface area contributed by atoms with Crippen LogP contribution in [0.25, 0.3) is 0 Å². The van der Waals surface area contributed by atoms with E-state index in [1.54, 1.807) is 18.0 Å². The van der Waals surface area contributed by atoms with E-state index in [0.717, 1.165) is 5.56 Å². The smallest absolute Gasteiger partial charge is 0.175 e. The maximum absolute atomic E-state index is 6.06. The van der Waals surface area contributed by atoms with Gasteiger partial charge in [-0.1, -0.05) is 35.3 Å². The fraction of sp³-hybridized carbons (Fsp3) is 0.182. The second-order valence-electron chi connectivity index (χ2n) is 3.29. The highest BCUT2D eigenvalue weighted by Gasteiger charge is 2.08. The molecule has 0 saturated carbocycles. The number of hydrogen-bond acceptors (Lipinski definition) is 2. The Hall–Kier alpha value is -1.19. The van der Waals surface area contributed by atoms with Crippen LogP contribution in [0.5, 0.6) is 5.75 Å². The number of hydrogen-bond donors (Lipinski definition) is 0. The van der Waals surface area contributed by atoms with Crippen molar-refractivity contribution in [2.45, 2.75) is 6.54 Å². The Balaban J connectivity index is 2.24. The highest BCUT2D eigenvalue weighted by Crippen LogP contribution is 2.24. The van der Waals surface area contributed by atoms with E-state index in [0.29, 0.717) is 22.5 Å². The van der Waals surface area contributed by atoms with E-state index in [-0.39, 0.29) is 0 Å². The van der Waals surface area contributed by atoms with Crippen LogP contribution in [-0.2, 0) is 6.54 Å². The number of methoxy groups -OCH3 is 1. The summed E-state index contributed by atoms with van der Waals surface area (Å²) in [5.74, 6) is 0.573. The maximum Gasteiger partial charge on any atom is 0.175 e. The highest BCUT2D eigenvalue weighted by atomic mass is 35.5. The Morgan fingerprint density at radius 3 is 2.81 bits per heavy atom. The standard InChI is InChI=1S/C11H10Cl2N2O/c1-16-10-6-14-15(11(10)13)7-8-3-2-4-9(12)5-8/h2-6H,7H2,1H3. The average molecular weight is 257 g/mol.